The maximum absolute atomic E-state index is 11.2. The van der Waals surface area contributed by atoms with Crippen molar-refractivity contribution in [1.82, 2.24) is 5.32 Å². The predicted molar refractivity (Wildman–Crippen MR) is 72.1 cm³/mol. The van der Waals surface area contributed by atoms with Crippen LogP contribution in [0.4, 0.5) is 9.59 Å². The number of hydrogen-bond donors (Lipinski definition) is 3. The van der Waals surface area contributed by atoms with Crippen molar-refractivity contribution >= 4 is 18.2 Å². The summed E-state index contributed by atoms with van der Waals surface area (Å²) in [6.45, 7) is 0.221. The molecule has 0 aliphatic heterocycles. The normalized spacial score (nSPS) is 9.71. The number of ether oxygens (including phenoxy) is 1. The van der Waals surface area contributed by atoms with Crippen molar-refractivity contribution in [2.24, 2.45) is 11.5 Å². The molecular formula is C13H17N3Na2O6. The molecule has 1 atom stereocenters. The van der Waals surface area contributed by atoms with Gasteiger partial charge in [-0.05, 0) is 12.0 Å². The summed E-state index contributed by atoms with van der Waals surface area (Å²) in [5, 5.41) is 21.8. The van der Waals surface area contributed by atoms with E-state index in [2.05, 4.69) is 15.8 Å². The van der Waals surface area contributed by atoms with Crippen LogP contribution in [0.25, 0.3) is 0 Å². The van der Waals surface area contributed by atoms with Crippen molar-refractivity contribution in [1.29, 1.82) is 0 Å². The van der Waals surface area contributed by atoms with Crippen LogP contribution >= 0.6 is 0 Å². The number of amides is 2. The molecule has 0 aromatic heterocycles. The Kier molecular flexibility index (Phi) is 19.9. The van der Waals surface area contributed by atoms with Crippen molar-refractivity contribution in [3.8, 4) is 0 Å². The van der Waals surface area contributed by atoms with Gasteiger partial charge in [0, 0.05) is 6.54 Å². The quantitative estimate of drug-likeness (QED) is 0.424. The van der Waals surface area contributed by atoms with E-state index in [1.807, 2.05) is 6.07 Å². The van der Waals surface area contributed by atoms with Crippen LogP contribution in [-0.2, 0) is 16.0 Å². The van der Waals surface area contributed by atoms with Gasteiger partial charge in [-0.3, -0.25) is 0 Å². The smallest absolute Gasteiger partial charge is 0.548 e. The van der Waals surface area contributed by atoms with Gasteiger partial charge in [-0.1, -0.05) is 30.3 Å². The molecule has 24 heavy (non-hydrogen) atoms. The maximum atomic E-state index is 11.2. The van der Waals surface area contributed by atoms with E-state index < -0.39 is 24.2 Å². The third kappa shape index (κ3) is 16.1. The molecule has 1 aromatic rings. The summed E-state index contributed by atoms with van der Waals surface area (Å²) < 4.78 is 4.64. The van der Waals surface area contributed by atoms with Gasteiger partial charge in [0.2, 0.25) is 0 Å². The summed E-state index contributed by atoms with van der Waals surface area (Å²) in [4.78, 5) is 30.8. The third-order valence-electron chi connectivity index (χ3n) is 2.21. The molecule has 5 N–H and O–H groups in total. The van der Waals surface area contributed by atoms with Crippen molar-refractivity contribution in [2.45, 2.75) is 12.5 Å². The fourth-order valence-electron chi connectivity index (χ4n) is 1.38. The van der Waals surface area contributed by atoms with Crippen LogP contribution in [0.1, 0.15) is 5.56 Å². The van der Waals surface area contributed by atoms with Gasteiger partial charge in [-0.2, -0.15) is 0 Å². The number of alkyl carbamates (subject to hydrolysis) is 1. The van der Waals surface area contributed by atoms with E-state index in [9.17, 15) is 14.7 Å². The molecule has 1 rings (SSSR count). The fraction of sp³-hybridized carbons (Fsp3) is 0.308. The number of nitrogens with two attached hydrogens (primary N) is 2. The average molecular weight is 357 g/mol. The van der Waals surface area contributed by atoms with Crippen molar-refractivity contribution in [3.63, 3.8) is 0 Å². The van der Waals surface area contributed by atoms with Gasteiger partial charge in [0.1, 0.15) is 12.7 Å². The molecule has 2 amide bonds. The first kappa shape index (κ1) is 28.0. The molecule has 0 spiro atoms. The first-order valence-corrected chi connectivity index (χ1v) is 6.21. The standard InChI is InChI=1S/C12H16N2O4.CH3NO2.2Na/c13-6-7-18-12(17)14-10(11(15)16)8-9-4-2-1-3-5-9;2-1(3)4;;/h1-5,10H,6-8,13H2,(H,14,17)(H,15,16);2H2,(H,3,4);;/q;;2*+1/p-2. The van der Waals surface area contributed by atoms with Gasteiger partial charge in [0.05, 0.1) is 12.0 Å². The van der Waals surface area contributed by atoms with Gasteiger partial charge in [0.25, 0.3) is 0 Å². The number of primary amides is 1. The largest absolute Gasteiger partial charge is 1.00 e. The first-order chi connectivity index (χ1) is 10.4. The van der Waals surface area contributed by atoms with Crippen LogP contribution < -0.4 is 86.1 Å². The Balaban J connectivity index is -0.000000661. The summed E-state index contributed by atoms with van der Waals surface area (Å²) >= 11 is 0. The molecule has 1 aromatic carbocycles. The van der Waals surface area contributed by atoms with E-state index in [1.165, 1.54) is 0 Å². The summed E-state index contributed by atoms with van der Waals surface area (Å²) in [6.07, 6.45) is -2.26. The summed E-state index contributed by atoms with van der Waals surface area (Å²) in [6, 6.07) is 7.80. The van der Waals surface area contributed by atoms with Crippen molar-refractivity contribution in [3.05, 3.63) is 35.9 Å². The van der Waals surface area contributed by atoms with Crippen molar-refractivity contribution < 1.29 is 88.4 Å². The Morgan fingerprint density at radius 2 is 1.62 bits per heavy atom. The van der Waals surface area contributed by atoms with E-state index in [-0.39, 0.29) is 78.7 Å². The number of carboxylic acid groups (broad SMARTS) is 2. The molecule has 0 saturated heterocycles. The molecule has 0 saturated carbocycles. The second-order valence-corrected chi connectivity index (χ2v) is 3.95. The topological polar surface area (TPSA) is 171 Å². The van der Waals surface area contributed by atoms with Gasteiger partial charge in [-0.15, -0.1) is 0 Å². The van der Waals surface area contributed by atoms with Crippen LogP contribution in [0.5, 0.6) is 0 Å². The Morgan fingerprint density at radius 1 is 1.12 bits per heavy atom. The van der Waals surface area contributed by atoms with E-state index in [0.29, 0.717) is 0 Å². The Hall–Kier alpha value is -0.810. The Labute approximate surface area is 183 Å². The number of carbonyl (C=O) groups is 3. The third-order valence-corrected chi connectivity index (χ3v) is 2.21. The van der Waals surface area contributed by atoms with Gasteiger partial charge >= 0.3 is 65.2 Å². The van der Waals surface area contributed by atoms with Crippen LogP contribution in [0, 0.1) is 0 Å². The maximum Gasteiger partial charge on any atom is 1.00 e. The van der Waals surface area contributed by atoms with Crippen LogP contribution in [0.3, 0.4) is 0 Å². The molecule has 0 bridgehead atoms. The number of benzene rings is 1. The SMILES string of the molecule is NC(=O)[O-].NCCOC(=O)NC(Cc1ccccc1)C(=O)[O-].[Na+].[Na+]. The van der Waals surface area contributed by atoms with Gasteiger partial charge < -0.3 is 41.3 Å². The van der Waals surface area contributed by atoms with Crippen LogP contribution in [0.2, 0.25) is 0 Å². The molecule has 122 valence electrons. The number of nitrogens with one attached hydrogen (secondary N) is 1. The fourth-order valence-corrected chi connectivity index (χ4v) is 1.38. The molecular weight excluding hydrogens is 340 g/mol. The van der Waals surface area contributed by atoms with E-state index in [4.69, 9.17) is 15.6 Å². The average Bonchev–Trinajstić information content (AvgIpc) is 2.45. The second kappa shape index (κ2) is 17.0. The second-order valence-electron chi connectivity index (χ2n) is 3.95. The van der Waals surface area contributed by atoms with Crippen molar-refractivity contribution in [2.75, 3.05) is 13.2 Å². The molecule has 9 nitrogen and oxygen atoms in total. The number of carbonyl (C=O) groups excluding carboxylic acids is 3. The van der Waals surface area contributed by atoms with E-state index in [1.54, 1.807) is 24.3 Å². The number of hydrogen-bond acceptors (Lipinski definition) is 7. The van der Waals surface area contributed by atoms with Gasteiger partial charge in [0.15, 0.2) is 0 Å². The summed E-state index contributed by atoms with van der Waals surface area (Å²) in [5.41, 5.74) is 9.86. The van der Waals surface area contributed by atoms with Gasteiger partial charge in [-0.25, -0.2) is 4.79 Å². The minimum absolute atomic E-state index is 0. The van der Waals surface area contributed by atoms with Crippen LogP contribution in [0.15, 0.2) is 30.3 Å². The zero-order valence-corrected chi connectivity index (χ0v) is 17.7. The van der Waals surface area contributed by atoms with E-state index >= 15 is 0 Å². The van der Waals surface area contributed by atoms with Crippen LogP contribution in [-0.4, -0.2) is 37.3 Å². The Morgan fingerprint density at radius 3 is 2.04 bits per heavy atom. The first-order valence-electron chi connectivity index (χ1n) is 6.21. The number of aliphatic carboxylic acids is 1. The molecule has 11 heteroatoms. The minimum atomic E-state index is -1.58. The summed E-state index contributed by atoms with van der Waals surface area (Å²) in [5.74, 6) is -1.36. The molecule has 0 heterocycles. The zero-order chi connectivity index (χ0) is 17.0. The summed E-state index contributed by atoms with van der Waals surface area (Å²) in [7, 11) is 0. The predicted octanol–water partition coefficient (Wildman–Crippen LogP) is -8.67. The van der Waals surface area contributed by atoms with E-state index in [0.717, 1.165) is 5.56 Å². The minimum Gasteiger partial charge on any atom is -0.548 e. The Bertz CT molecular complexity index is 486. The molecule has 0 aliphatic carbocycles. The zero-order valence-electron chi connectivity index (χ0n) is 13.7. The number of carboxylic acids is 1. The molecule has 1 unspecified atom stereocenters. The molecule has 0 fully saturated rings. The number of rotatable bonds is 6. The molecule has 0 radical (unpaired) electrons. The monoisotopic (exact) mass is 357 g/mol. The molecule has 0 aliphatic rings.